The number of aromatic hydroxyl groups is 1. The molecule has 0 amide bonds. The summed E-state index contributed by atoms with van der Waals surface area (Å²) >= 11 is 0. The van der Waals surface area contributed by atoms with Gasteiger partial charge in [0.2, 0.25) is 0 Å². The van der Waals surface area contributed by atoms with Crippen LogP contribution in [0.2, 0.25) is 0 Å². The van der Waals surface area contributed by atoms with Crippen molar-refractivity contribution in [2.45, 2.75) is 12.8 Å². The Bertz CT molecular complexity index is 1430. The topological polar surface area (TPSA) is 164 Å². The zero-order valence-corrected chi connectivity index (χ0v) is 23.2. The number of hydrogen-bond donors (Lipinski definition) is 1. The summed E-state index contributed by atoms with van der Waals surface area (Å²) in [7, 11) is -6.00. The standard InChI is InChI=1S/C27H23N2O5P.CH4O3S/c30-27-25(28(31)32)19-21(20-26(27)29(33)34)11-10-18-35(22-12-4-1-5-13-22,23-14-6-2-7-15-23)24-16-8-3-9-17-24;1-5(2,3)4/h1-9,12-17,19-20H,10-11,18H2;1H3,(H,2,3,4). The second-order valence-electron chi connectivity index (χ2n) is 8.84. The fourth-order valence-electron chi connectivity index (χ4n) is 4.49. The summed E-state index contributed by atoms with van der Waals surface area (Å²) in [6, 6.07) is 33.5. The van der Waals surface area contributed by atoms with Gasteiger partial charge in [-0.15, -0.1) is 0 Å². The van der Waals surface area contributed by atoms with E-state index in [4.69, 9.17) is 13.0 Å². The van der Waals surface area contributed by atoms with E-state index in [0.717, 1.165) is 6.16 Å². The first-order valence-corrected chi connectivity index (χ1v) is 15.8. The third-order valence-corrected chi connectivity index (χ3v) is 10.6. The van der Waals surface area contributed by atoms with Gasteiger partial charge in [0, 0.05) is 18.4 Å². The van der Waals surface area contributed by atoms with Gasteiger partial charge in [-0.25, -0.2) is 8.42 Å². The quantitative estimate of drug-likeness (QED) is 0.132. The molecule has 4 rings (SSSR count). The minimum absolute atomic E-state index is 0.399. The van der Waals surface area contributed by atoms with Crippen LogP contribution in [0.25, 0.3) is 0 Å². The molecule has 0 unspecified atom stereocenters. The van der Waals surface area contributed by atoms with Crippen LogP contribution in [-0.2, 0) is 16.5 Å². The summed E-state index contributed by atoms with van der Waals surface area (Å²) in [6.45, 7) is 0. The molecule has 10 nitrogen and oxygen atoms in total. The number of nitro groups is 2. The van der Waals surface area contributed by atoms with E-state index in [-0.39, 0.29) is 0 Å². The van der Waals surface area contributed by atoms with Gasteiger partial charge in [-0.3, -0.25) is 20.2 Å². The molecular weight excluding hydrogens is 555 g/mol. The predicted molar refractivity (Wildman–Crippen MR) is 155 cm³/mol. The van der Waals surface area contributed by atoms with Gasteiger partial charge in [-0.2, -0.15) is 0 Å². The van der Waals surface area contributed by atoms with Gasteiger partial charge in [0.05, 0.1) is 26.1 Å². The molecule has 0 bridgehead atoms. The molecule has 0 fully saturated rings. The molecule has 0 aliphatic rings. The van der Waals surface area contributed by atoms with Gasteiger partial charge in [0.25, 0.3) is 5.75 Å². The normalized spacial score (nSPS) is 11.2. The highest BCUT2D eigenvalue weighted by molar-refractivity contribution is 7.95. The molecule has 40 heavy (non-hydrogen) atoms. The maximum Gasteiger partial charge on any atom is 0.318 e. The Balaban J connectivity index is 0.000000810. The predicted octanol–water partition coefficient (Wildman–Crippen LogP) is 4.30. The number of nitrogens with zero attached hydrogens (tertiary/aromatic N) is 2. The maximum absolute atomic E-state index is 11.4. The van der Waals surface area contributed by atoms with Crippen molar-refractivity contribution in [1.82, 2.24) is 0 Å². The zero-order chi connectivity index (χ0) is 29.3. The van der Waals surface area contributed by atoms with Crippen LogP contribution in [0.5, 0.6) is 5.75 Å². The van der Waals surface area contributed by atoms with Crippen molar-refractivity contribution in [2.24, 2.45) is 0 Å². The van der Waals surface area contributed by atoms with Crippen molar-refractivity contribution in [3.8, 4) is 5.75 Å². The summed E-state index contributed by atoms with van der Waals surface area (Å²) in [5.41, 5.74) is -0.845. The number of nitro benzene ring substituents is 2. The number of benzene rings is 4. The first kappa shape index (κ1) is 30.4. The first-order valence-electron chi connectivity index (χ1n) is 12.0. The molecule has 1 N–H and O–H groups in total. The highest BCUT2D eigenvalue weighted by Crippen LogP contribution is 2.56. The lowest BCUT2D eigenvalue weighted by atomic mass is 10.1. The molecular formula is C28H27N2O8PS. The van der Waals surface area contributed by atoms with Gasteiger partial charge in [-0.1, -0.05) is 54.6 Å². The molecule has 0 spiro atoms. The van der Waals surface area contributed by atoms with Crippen LogP contribution >= 0.6 is 7.26 Å². The lowest BCUT2D eigenvalue weighted by Gasteiger charge is -2.27. The zero-order valence-electron chi connectivity index (χ0n) is 21.5. The maximum atomic E-state index is 11.4. The van der Waals surface area contributed by atoms with E-state index < -0.39 is 44.4 Å². The van der Waals surface area contributed by atoms with Crippen molar-refractivity contribution in [1.29, 1.82) is 0 Å². The Morgan fingerprint density at radius 2 is 1.05 bits per heavy atom. The van der Waals surface area contributed by atoms with E-state index in [1.807, 2.05) is 54.6 Å². The third kappa shape index (κ3) is 7.69. The monoisotopic (exact) mass is 582 g/mol. The number of rotatable bonds is 9. The van der Waals surface area contributed by atoms with Crippen molar-refractivity contribution < 1.29 is 27.9 Å². The van der Waals surface area contributed by atoms with E-state index >= 15 is 0 Å². The van der Waals surface area contributed by atoms with Gasteiger partial charge >= 0.3 is 11.4 Å². The molecule has 0 aliphatic heterocycles. The average molecular weight is 583 g/mol. The van der Waals surface area contributed by atoms with Gasteiger partial charge in [0.1, 0.15) is 23.2 Å². The number of phenolic OH excluding ortho intramolecular Hbond substituents is 1. The summed E-state index contributed by atoms with van der Waals surface area (Å²) in [4.78, 5) is 21.1. The number of aryl methyl sites for hydroxylation is 1. The minimum atomic E-state index is -3.92. The Hall–Kier alpha value is -4.18. The smallest absolute Gasteiger partial charge is 0.318 e. The molecule has 0 saturated carbocycles. The second-order valence-corrected chi connectivity index (χ2v) is 13.9. The van der Waals surface area contributed by atoms with Crippen molar-refractivity contribution in [3.05, 3.63) is 129 Å². The van der Waals surface area contributed by atoms with Crippen LogP contribution in [-0.4, -0.2) is 40.3 Å². The molecule has 0 aromatic heterocycles. The van der Waals surface area contributed by atoms with Crippen molar-refractivity contribution in [2.75, 3.05) is 12.4 Å². The SMILES string of the molecule is CS(=O)(=O)[O-].O=[N+]([O-])c1cc(CCC[P+](c2ccccc2)(c2ccccc2)c2ccccc2)cc([N+](=O)[O-])c1O. The Labute approximate surface area is 232 Å². The van der Waals surface area contributed by atoms with E-state index in [0.29, 0.717) is 24.7 Å². The Morgan fingerprint density at radius 3 is 1.35 bits per heavy atom. The molecule has 0 saturated heterocycles. The fourth-order valence-corrected chi connectivity index (χ4v) is 8.83. The average Bonchev–Trinajstić information content (AvgIpc) is 2.92. The Kier molecular flexibility index (Phi) is 10.1. The molecule has 0 aliphatic carbocycles. The lowest BCUT2D eigenvalue weighted by Crippen LogP contribution is -2.33. The molecule has 0 radical (unpaired) electrons. The van der Waals surface area contributed by atoms with Crippen molar-refractivity contribution >= 4 is 44.7 Å². The Morgan fingerprint density at radius 1 is 0.725 bits per heavy atom. The van der Waals surface area contributed by atoms with E-state index in [2.05, 4.69) is 36.4 Å². The van der Waals surface area contributed by atoms with E-state index in [1.54, 1.807) is 0 Å². The summed E-state index contributed by atoms with van der Waals surface area (Å²) < 4.78 is 27.2. The van der Waals surface area contributed by atoms with E-state index in [1.165, 1.54) is 28.0 Å². The van der Waals surface area contributed by atoms with Crippen LogP contribution < -0.4 is 15.9 Å². The second kappa shape index (κ2) is 13.3. The summed E-state index contributed by atoms with van der Waals surface area (Å²) in [6.07, 6.45) is 2.42. The molecule has 4 aromatic rings. The van der Waals surface area contributed by atoms with Crippen LogP contribution in [0.15, 0.2) is 103 Å². The lowest BCUT2D eigenvalue weighted by molar-refractivity contribution is -0.396. The third-order valence-electron chi connectivity index (χ3n) is 6.07. The van der Waals surface area contributed by atoms with Gasteiger partial charge in [0.15, 0.2) is 0 Å². The first-order chi connectivity index (χ1) is 18.9. The van der Waals surface area contributed by atoms with Gasteiger partial charge < -0.3 is 9.66 Å². The van der Waals surface area contributed by atoms with Crippen molar-refractivity contribution in [3.63, 3.8) is 0 Å². The van der Waals surface area contributed by atoms with Gasteiger partial charge in [-0.05, 0) is 54.8 Å². The van der Waals surface area contributed by atoms with Crippen LogP contribution in [0.3, 0.4) is 0 Å². The molecule has 12 heteroatoms. The highest BCUT2D eigenvalue weighted by Gasteiger charge is 2.44. The summed E-state index contributed by atoms with van der Waals surface area (Å²) in [5, 5.41) is 36.4. The number of phenols is 1. The molecule has 208 valence electrons. The molecule has 0 atom stereocenters. The van der Waals surface area contributed by atoms with Crippen LogP contribution in [0.1, 0.15) is 12.0 Å². The van der Waals surface area contributed by atoms with E-state index in [9.17, 15) is 25.3 Å². The number of hydrogen-bond acceptors (Lipinski definition) is 8. The van der Waals surface area contributed by atoms with Crippen LogP contribution in [0.4, 0.5) is 11.4 Å². The molecule has 0 heterocycles. The minimum Gasteiger partial charge on any atom is -0.748 e. The fraction of sp³-hybridized carbons (Fsp3) is 0.143. The molecule has 4 aromatic carbocycles. The summed E-state index contributed by atoms with van der Waals surface area (Å²) in [5.74, 6) is -0.913. The largest absolute Gasteiger partial charge is 0.748 e. The highest BCUT2D eigenvalue weighted by atomic mass is 32.2. The van der Waals surface area contributed by atoms with Crippen LogP contribution in [0, 0.1) is 20.2 Å².